The quantitative estimate of drug-likeness (QED) is 0.744. The van der Waals surface area contributed by atoms with Gasteiger partial charge >= 0.3 is 0 Å². The van der Waals surface area contributed by atoms with E-state index in [1.165, 1.54) is 32.4 Å². The Labute approximate surface area is 169 Å². The number of phenolic OH excluding ortho intramolecular Hbond substituents is 2. The van der Waals surface area contributed by atoms with Gasteiger partial charge in [-0.25, -0.2) is 4.68 Å². The van der Waals surface area contributed by atoms with E-state index in [1.807, 2.05) is 4.68 Å². The first-order valence-corrected chi connectivity index (χ1v) is 10.6. The van der Waals surface area contributed by atoms with E-state index in [0.717, 1.165) is 23.3 Å². The van der Waals surface area contributed by atoms with Crippen LogP contribution in [0.15, 0.2) is 27.6 Å². The van der Waals surface area contributed by atoms with Gasteiger partial charge in [-0.05, 0) is 18.9 Å². The molecule has 2 aromatic rings. The van der Waals surface area contributed by atoms with E-state index in [4.69, 9.17) is 9.73 Å². The highest BCUT2D eigenvalue weighted by molar-refractivity contribution is 7.07. The molecule has 0 radical (unpaired) electrons. The summed E-state index contributed by atoms with van der Waals surface area (Å²) in [6, 6.07) is 3.18. The molecule has 3 rings (SSSR count). The largest absolute Gasteiger partial charge is 0.507 e. The topological polar surface area (TPSA) is 79.3 Å². The molecule has 1 aliphatic carbocycles. The van der Waals surface area contributed by atoms with Crippen LogP contribution in [0.25, 0.3) is 0 Å². The number of benzene rings is 1. The van der Waals surface area contributed by atoms with E-state index in [-0.39, 0.29) is 22.7 Å². The van der Waals surface area contributed by atoms with Crippen molar-refractivity contribution in [3.63, 3.8) is 0 Å². The lowest BCUT2D eigenvalue weighted by Gasteiger charge is -2.19. The minimum Gasteiger partial charge on any atom is -0.507 e. The standard InChI is InChI=1S/C21H29N3O3S/c1-21(2,3)19-13-28-20(23-15-8-6-5-7-9-15)24(19)22-12-14-10-18(27-4)17(26)11-16(14)25/h10-13,15,25-26H,5-9H2,1-4H3. The third-order valence-corrected chi connectivity index (χ3v) is 5.79. The molecule has 0 amide bonds. The van der Waals surface area contributed by atoms with Crippen LogP contribution in [0.2, 0.25) is 0 Å². The van der Waals surface area contributed by atoms with Crippen LogP contribution in [0.3, 0.4) is 0 Å². The van der Waals surface area contributed by atoms with Gasteiger partial charge in [0.15, 0.2) is 11.5 Å². The van der Waals surface area contributed by atoms with Crippen LogP contribution in [0, 0.1) is 0 Å². The lowest BCUT2D eigenvalue weighted by molar-refractivity contribution is 0.369. The summed E-state index contributed by atoms with van der Waals surface area (Å²) >= 11 is 1.60. The van der Waals surface area contributed by atoms with E-state index in [2.05, 4.69) is 31.3 Å². The highest BCUT2D eigenvalue weighted by Crippen LogP contribution is 2.32. The van der Waals surface area contributed by atoms with Crippen molar-refractivity contribution in [2.24, 2.45) is 10.1 Å². The van der Waals surface area contributed by atoms with Crippen molar-refractivity contribution in [1.82, 2.24) is 4.68 Å². The molecule has 0 spiro atoms. The first-order valence-electron chi connectivity index (χ1n) is 9.69. The van der Waals surface area contributed by atoms with E-state index in [0.29, 0.717) is 11.6 Å². The molecule has 1 aromatic carbocycles. The van der Waals surface area contributed by atoms with Crippen LogP contribution in [0.5, 0.6) is 17.2 Å². The Bertz CT molecular complexity index is 916. The molecule has 1 heterocycles. The smallest absolute Gasteiger partial charge is 0.206 e. The van der Waals surface area contributed by atoms with Gasteiger partial charge in [-0.15, -0.1) is 11.3 Å². The van der Waals surface area contributed by atoms with Gasteiger partial charge in [-0.2, -0.15) is 5.10 Å². The van der Waals surface area contributed by atoms with Crippen molar-refractivity contribution >= 4 is 17.6 Å². The molecule has 7 heteroatoms. The predicted molar refractivity (Wildman–Crippen MR) is 113 cm³/mol. The second-order valence-electron chi connectivity index (χ2n) is 8.21. The second kappa shape index (κ2) is 8.39. The second-order valence-corrected chi connectivity index (χ2v) is 9.05. The molecule has 6 nitrogen and oxygen atoms in total. The lowest BCUT2D eigenvalue weighted by Crippen LogP contribution is -2.24. The Kier molecular flexibility index (Phi) is 6.13. The maximum absolute atomic E-state index is 10.2. The van der Waals surface area contributed by atoms with Gasteiger partial charge in [0, 0.05) is 22.4 Å². The average molecular weight is 404 g/mol. The normalized spacial score (nSPS) is 16.8. The summed E-state index contributed by atoms with van der Waals surface area (Å²) in [7, 11) is 1.47. The zero-order chi connectivity index (χ0) is 20.3. The Hall–Kier alpha value is -2.28. The summed E-state index contributed by atoms with van der Waals surface area (Å²) in [6.07, 6.45) is 7.60. The van der Waals surface area contributed by atoms with Gasteiger partial charge < -0.3 is 14.9 Å². The predicted octanol–water partition coefficient (Wildman–Crippen LogP) is 4.38. The highest BCUT2D eigenvalue weighted by Gasteiger charge is 2.21. The van der Waals surface area contributed by atoms with Crippen molar-refractivity contribution in [3.05, 3.63) is 33.6 Å². The molecule has 0 bridgehead atoms. The number of ether oxygens (including phenoxy) is 1. The van der Waals surface area contributed by atoms with Crippen molar-refractivity contribution in [1.29, 1.82) is 0 Å². The number of phenols is 2. The molecule has 1 fully saturated rings. The van der Waals surface area contributed by atoms with Gasteiger partial charge in [0.2, 0.25) is 4.80 Å². The monoisotopic (exact) mass is 403 g/mol. The fourth-order valence-corrected chi connectivity index (χ4v) is 4.45. The maximum Gasteiger partial charge on any atom is 0.206 e. The number of methoxy groups -OCH3 is 1. The molecule has 0 atom stereocenters. The fraction of sp³-hybridized carbons (Fsp3) is 0.524. The van der Waals surface area contributed by atoms with Crippen molar-refractivity contribution in [2.45, 2.75) is 64.3 Å². The van der Waals surface area contributed by atoms with Crippen LogP contribution in [-0.2, 0) is 5.41 Å². The Morgan fingerprint density at radius 3 is 2.50 bits per heavy atom. The minimum absolute atomic E-state index is 0.0547. The van der Waals surface area contributed by atoms with Crippen LogP contribution < -0.4 is 9.54 Å². The van der Waals surface area contributed by atoms with E-state index in [1.54, 1.807) is 23.6 Å². The van der Waals surface area contributed by atoms with E-state index >= 15 is 0 Å². The number of nitrogens with zero attached hydrogens (tertiary/aromatic N) is 3. The summed E-state index contributed by atoms with van der Waals surface area (Å²) in [4.78, 5) is 5.85. The zero-order valence-electron chi connectivity index (χ0n) is 17.0. The summed E-state index contributed by atoms with van der Waals surface area (Å²) in [6.45, 7) is 6.44. The average Bonchev–Trinajstić information content (AvgIpc) is 3.05. The summed E-state index contributed by atoms with van der Waals surface area (Å²) in [5.74, 6) is 0.127. The molecule has 152 valence electrons. The number of hydrogen-bond acceptors (Lipinski definition) is 6. The summed E-state index contributed by atoms with van der Waals surface area (Å²) in [5, 5.41) is 26.7. The van der Waals surface area contributed by atoms with Gasteiger partial charge in [0.25, 0.3) is 0 Å². The summed E-state index contributed by atoms with van der Waals surface area (Å²) in [5.41, 5.74) is 1.44. The molecule has 1 aromatic heterocycles. The number of aromatic nitrogens is 1. The molecule has 0 saturated heterocycles. The first kappa shape index (κ1) is 20.5. The van der Waals surface area contributed by atoms with Crippen molar-refractivity contribution in [3.8, 4) is 17.2 Å². The third kappa shape index (κ3) is 4.58. The number of thiazole rings is 1. The molecule has 0 unspecified atom stereocenters. The third-order valence-electron chi connectivity index (χ3n) is 4.96. The van der Waals surface area contributed by atoms with Gasteiger partial charge in [0.05, 0.1) is 25.1 Å². The summed E-state index contributed by atoms with van der Waals surface area (Å²) < 4.78 is 7.01. The molecule has 0 aliphatic heterocycles. The molecule has 1 saturated carbocycles. The Morgan fingerprint density at radius 1 is 1.14 bits per heavy atom. The number of aromatic hydroxyl groups is 2. The van der Waals surface area contributed by atoms with Crippen LogP contribution >= 0.6 is 11.3 Å². The Morgan fingerprint density at radius 2 is 1.86 bits per heavy atom. The van der Waals surface area contributed by atoms with Crippen LogP contribution in [0.4, 0.5) is 0 Å². The molecule has 1 aliphatic rings. The van der Waals surface area contributed by atoms with E-state index in [9.17, 15) is 10.2 Å². The fourth-order valence-electron chi connectivity index (χ4n) is 3.33. The van der Waals surface area contributed by atoms with Gasteiger partial charge in [-0.3, -0.25) is 4.99 Å². The van der Waals surface area contributed by atoms with Gasteiger partial charge in [-0.1, -0.05) is 40.0 Å². The number of hydrogen-bond donors (Lipinski definition) is 2. The Balaban J connectivity index is 2.03. The molecule has 28 heavy (non-hydrogen) atoms. The van der Waals surface area contributed by atoms with E-state index < -0.39 is 0 Å². The van der Waals surface area contributed by atoms with Gasteiger partial charge in [0.1, 0.15) is 5.75 Å². The van der Waals surface area contributed by atoms with Crippen LogP contribution in [0.1, 0.15) is 64.1 Å². The minimum atomic E-state index is -0.108. The van der Waals surface area contributed by atoms with Crippen molar-refractivity contribution < 1.29 is 14.9 Å². The molecular weight excluding hydrogens is 374 g/mol. The first-order chi connectivity index (χ1) is 13.3. The molecule has 2 N–H and O–H groups in total. The maximum atomic E-state index is 10.2. The SMILES string of the molecule is COc1cc(C=Nn2c(C(C)(C)C)csc2=NC2CCCCC2)c(O)cc1O. The van der Waals surface area contributed by atoms with Crippen molar-refractivity contribution in [2.75, 3.05) is 7.11 Å². The number of rotatable bonds is 4. The highest BCUT2D eigenvalue weighted by atomic mass is 32.1. The zero-order valence-corrected chi connectivity index (χ0v) is 17.8. The molecular formula is C21H29N3O3S. The lowest BCUT2D eigenvalue weighted by atomic mass is 9.93. The van der Waals surface area contributed by atoms with Crippen LogP contribution in [-0.4, -0.2) is 34.3 Å².